The van der Waals surface area contributed by atoms with Crippen LogP contribution < -0.4 is 5.32 Å². The number of pyridine rings is 2. The van der Waals surface area contributed by atoms with Crippen molar-refractivity contribution in [2.45, 2.75) is 25.8 Å². The number of fused-ring (bicyclic) bond motifs is 1. The molecule has 2 aromatic rings. The molecular formula is C14H16ClN3O3. The van der Waals surface area contributed by atoms with Gasteiger partial charge in [-0.15, -0.1) is 0 Å². The first-order valence-corrected chi connectivity index (χ1v) is 7.01. The summed E-state index contributed by atoms with van der Waals surface area (Å²) in [6.45, 7) is 1.87. The lowest BCUT2D eigenvalue weighted by Crippen LogP contribution is -2.25. The summed E-state index contributed by atoms with van der Waals surface area (Å²) in [6.07, 6.45) is 3.11. The quantitative estimate of drug-likeness (QED) is 0.710. The number of rotatable bonds is 6. The summed E-state index contributed by atoms with van der Waals surface area (Å²) in [6, 6.07) is 3.14. The molecule has 0 aliphatic rings. The highest BCUT2D eigenvalue weighted by Gasteiger charge is 2.22. The molecule has 0 aliphatic carbocycles. The van der Waals surface area contributed by atoms with E-state index in [0.29, 0.717) is 23.1 Å². The standard InChI is InChI=1S/C14H16ClN3O3/c1-2-4-8(7-19)17-12-10(14(20)21)13(15)18-9-5-3-6-16-11(9)12/h3,5-6,8,19H,2,4,7H2,1H3,(H,17,18)(H,20,21)/t8-/m1/s1. The first kappa shape index (κ1) is 15.5. The van der Waals surface area contributed by atoms with Crippen LogP contribution in [0.1, 0.15) is 30.1 Å². The highest BCUT2D eigenvalue weighted by atomic mass is 35.5. The maximum absolute atomic E-state index is 11.5. The minimum absolute atomic E-state index is 0.0984. The number of halogens is 1. The number of hydrogen-bond acceptors (Lipinski definition) is 5. The molecule has 112 valence electrons. The summed E-state index contributed by atoms with van der Waals surface area (Å²) in [5, 5.41) is 21.7. The number of aromatic carboxylic acids is 1. The summed E-state index contributed by atoms with van der Waals surface area (Å²) in [7, 11) is 0. The van der Waals surface area contributed by atoms with Crippen molar-refractivity contribution in [2.24, 2.45) is 0 Å². The molecule has 0 aromatic carbocycles. The summed E-state index contributed by atoms with van der Waals surface area (Å²) < 4.78 is 0. The Hall–Kier alpha value is -1.92. The number of carboxylic acid groups (broad SMARTS) is 1. The number of carbonyl (C=O) groups is 1. The van der Waals surface area contributed by atoms with Gasteiger partial charge in [0.2, 0.25) is 0 Å². The van der Waals surface area contributed by atoms with Crippen LogP contribution in [-0.2, 0) is 0 Å². The molecule has 0 fully saturated rings. The number of aliphatic hydroxyl groups is 1. The number of carboxylic acids is 1. The Morgan fingerprint density at radius 2 is 2.29 bits per heavy atom. The summed E-state index contributed by atoms with van der Waals surface area (Å²) in [5.41, 5.74) is 1.10. The normalized spacial score (nSPS) is 12.3. The van der Waals surface area contributed by atoms with Crippen LogP contribution in [0, 0.1) is 0 Å². The van der Waals surface area contributed by atoms with E-state index in [4.69, 9.17) is 11.6 Å². The molecule has 0 saturated carbocycles. The van der Waals surface area contributed by atoms with Crippen molar-refractivity contribution in [3.05, 3.63) is 29.0 Å². The van der Waals surface area contributed by atoms with E-state index >= 15 is 0 Å². The molecule has 0 saturated heterocycles. The molecule has 2 rings (SSSR count). The van der Waals surface area contributed by atoms with Crippen molar-refractivity contribution >= 4 is 34.3 Å². The smallest absolute Gasteiger partial charge is 0.341 e. The first-order valence-electron chi connectivity index (χ1n) is 6.63. The van der Waals surface area contributed by atoms with E-state index in [-0.39, 0.29) is 23.4 Å². The van der Waals surface area contributed by atoms with E-state index < -0.39 is 5.97 Å². The van der Waals surface area contributed by atoms with Crippen LogP contribution in [0.2, 0.25) is 5.15 Å². The van der Waals surface area contributed by atoms with Gasteiger partial charge < -0.3 is 15.5 Å². The van der Waals surface area contributed by atoms with Gasteiger partial charge in [0.05, 0.1) is 17.8 Å². The molecule has 0 radical (unpaired) electrons. The van der Waals surface area contributed by atoms with E-state index in [2.05, 4.69) is 15.3 Å². The van der Waals surface area contributed by atoms with Gasteiger partial charge in [0.15, 0.2) is 0 Å². The molecular weight excluding hydrogens is 294 g/mol. The topological polar surface area (TPSA) is 95.3 Å². The molecule has 6 nitrogen and oxygen atoms in total. The van der Waals surface area contributed by atoms with Crippen LogP contribution in [0.4, 0.5) is 5.69 Å². The maximum atomic E-state index is 11.5. The minimum Gasteiger partial charge on any atom is -0.478 e. The lowest BCUT2D eigenvalue weighted by atomic mass is 10.1. The predicted molar refractivity (Wildman–Crippen MR) is 80.9 cm³/mol. The molecule has 0 bridgehead atoms. The fraction of sp³-hybridized carbons (Fsp3) is 0.357. The minimum atomic E-state index is -1.18. The van der Waals surface area contributed by atoms with E-state index in [1.165, 1.54) is 0 Å². The van der Waals surface area contributed by atoms with Crippen LogP contribution in [0.3, 0.4) is 0 Å². The van der Waals surface area contributed by atoms with Gasteiger partial charge in [-0.05, 0) is 18.6 Å². The summed E-state index contributed by atoms with van der Waals surface area (Å²) in [5.74, 6) is -1.18. The lowest BCUT2D eigenvalue weighted by Gasteiger charge is -2.19. The molecule has 0 spiro atoms. The van der Waals surface area contributed by atoms with E-state index in [1.807, 2.05) is 6.92 Å². The van der Waals surface area contributed by atoms with Crippen molar-refractivity contribution in [1.29, 1.82) is 0 Å². The number of aliphatic hydroxyl groups excluding tert-OH is 1. The summed E-state index contributed by atoms with van der Waals surface area (Å²) in [4.78, 5) is 19.7. The molecule has 0 unspecified atom stereocenters. The van der Waals surface area contributed by atoms with Gasteiger partial charge in [-0.3, -0.25) is 4.98 Å². The Morgan fingerprint density at radius 1 is 1.52 bits per heavy atom. The molecule has 21 heavy (non-hydrogen) atoms. The lowest BCUT2D eigenvalue weighted by molar-refractivity contribution is 0.0697. The predicted octanol–water partition coefficient (Wildman–Crippen LogP) is 2.55. The molecule has 0 amide bonds. The van der Waals surface area contributed by atoms with Crippen LogP contribution in [0.25, 0.3) is 11.0 Å². The average molecular weight is 310 g/mol. The Balaban J connectivity index is 2.61. The monoisotopic (exact) mass is 309 g/mol. The van der Waals surface area contributed by atoms with Crippen LogP contribution in [0.15, 0.2) is 18.3 Å². The molecule has 1 atom stereocenters. The third-order valence-electron chi connectivity index (χ3n) is 3.12. The number of nitrogens with zero attached hydrogens (tertiary/aromatic N) is 2. The zero-order chi connectivity index (χ0) is 15.4. The van der Waals surface area contributed by atoms with Gasteiger partial charge in [0, 0.05) is 12.2 Å². The Bertz CT molecular complexity index is 663. The van der Waals surface area contributed by atoms with Crippen LogP contribution in [-0.4, -0.2) is 38.8 Å². The molecule has 2 heterocycles. The second-order valence-electron chi connectivity index (χ2n) is 4.64. The maximum Gasteiger partial charge on any atom is 0.341 e. The van der Waals surface area contributed by atoms with Gasteiger partial charge in [-0.25, -0.2) is 9.78 Å². The third-order valence-corrected chi connectivity index (χ3v) is 3.39. The molecule has 3 N–H and O–H groups in total. The zero-order valence-electron chi connectivity index (χ0n) is 11.5. The van der Waals surface area contributed by atoms with E-state index in [0.717, 1.165) is 6.42 Å². The highest BCUT2D eigenvalue weighted by molar-refractivity contribution is 6.34. The summed E-state index contributed by atoms with van der Waals surface area (Å²) >= 11 is 5.98. The van der Waals surface area contributed by atoms with Crippen molar-refractivity contribution < 1.29 is 15.0 Å². The first-order chi connectivity index (χ1) is 10.1. The van der Waals surface area contributed by atoms with Crippen molar-refractivity contribution in [3.8, 4) is 0 Å². The second-order valence-corrected chi connectivity index (χ2v) is 5.00. The van der Waals surface area contributed by atoms with Gasteiger partial charge in [-0.2, -0.15) is 0 Å². The van der Waals surface area contributed by atoms with Crippen LogP contribution >= 0.6 is 11.6 Å². The number of aromatic nitrogens is 2. The molecule has 0 aliphatic heterocycles. The van der Waals surface area contributed by atoms with Crippen LogP contribution in [0.5, 0.6) is 0 Å². The highest BCUT2D eigenvalue weighted by Crippen LogP contribution is 2.30. The van der Waals surface area contributed by atoms with E-state index in [9.17, 15) is 15.0 Å². The Labute approximate surface area is 126 Å². The zero-order valence-corrected chi connectivity index (χ0v) is 12.3. The number of hydrogen-bond donors (Lipinski definition) is 3. The van der Waals surface area contributed by atoms with Gasteiger partial charge in [0.1, 0.15) is 16.2 Å². The number of nitrogens with one attached hydrogen (secondary N) is 1. The van der Waals surface area contributed by atoms with Crippen molar-refractivity contribution in [2.75, 3.05) is 11.9 Å². The molecule has 2 aromatic heterocycles. The van der Waals surface area contributed by atoms with Crippen molar-refractivity contribution in [3.63, 3.8) is 0 Å². The Kier molecular flexibility index (Phi) is 4.93. The van der Waals surface area contributed by atoms with Gasteiger partial charge in [-0.1, -0.05) is 24.9 Å². The number of anilines is 1. The SMILES string of the molecule is CCC[C@H](CO)Nc1c(C(=O)O)c(Cl)nc2cccnc12. The largest absolute Gasteiger partial charge is 0.478 e. The molecule has 7 heteroatoms. The van der Waals surface area contributed by atoms with E-state index in [1.54, 1.807) is 18.3 Å². The average Bonchev–Trinajstić information content (AvgIpc) is 2.46. The fourth-order valence-electron chi connectivity index (χ4n) is 2.16. The van der Waals surface area contributed by atoms with Gasteiger partial charge >= 0.3 is 5.97 Å². The van der Waals surface area contributed by atoms with Crippen molar-refractivity contribution in [1.82, 2.24) is 9.97 Å². The second kappa shape index (κ2) is 6.69. The third kappa shape index (κ3) is 3.22. The fourth-order valence-corrected chi connectivity index (χ4v) is 2.43. The Morgan fingerprint density at radius 3 is 2.90 bits per heavy atom. The van der Waals surface area contributed by atoms with Gasteiger partial charge in [0.25, 0.3) is 0 Å².